The molecule has 0 spiro atoms. The predicted octanol–water partition coefficient (Wildman–Crippen LogP) is 5.97. The highest BCUT2D eigenvalue weighted by atomic mass is 35.5. The number of para-hydroxylation sites is 1. The van der Waals surface area contributed by atoms with Crippen LogP contribution < -0.4 is 10.2 Å². The fourth-order valence-electron chi connectivity index (χ4n) is 3.26. The molecule has 0 aromatic heterocycles. The van der Waals surface area contributed by atoms with Crippen molar-refractivity contribution in [3.05, 3.63) is 53.1 Å². The van der Waals surface area contributed by atoms with Gasteiger partial charge in [0.05, 0.1) is 22.2 Å². The molecule has 2 aromatic rings. The molecule has 1 fully saturated rings. The van der Waals surface area contributed by atoms with Gasteiger partial charge in [0.25, 0.3) is 0 Å². The van der Waals surface area contributed by atoms with Crippen molar-refractivity contribution in [3.63, 3.8) is 0 Å². The summed E-state index contributed by atoms with van der Waals surface area (Å²) in [5.41, 5.74) is 3.19. The number of halogens is 1. The summed E-state index contributed by atoms with van der Waals surface area (Å²) < 4.78 is 0. The Labute approximate surface area is 171 Å². The van der Waals surface area contributed by atoms with Crippen LogP contribution in [0.3, 0.4) is 0 Å². The average molecular weight is 403 g/mol. The van der Waals surface area contributed by atoms with E-state index in [1.54, 1.807) is 11.8 Å². The van der Waals surface area contributed by atoms with Crippen LogP contribution in [-0.2, 0) is 10.2 Å². The largest absolute Gasteiger partial charge is 0.369 e. The second-order valence-electron chi connectivity index (χ2n) is 7.94. The standard InChI is InChI=1S/C22H27ClN2OS/c1-22(2,3)16-9-11-17(12-10-16)27-15-20(26)24-19-8-6-7-18(23)21(19)25-13-4-5-14-25/h6-12H,4-5,13-15H2,1-3H3,(H,24,26). The molecule has 1 N–H and O–H groups in total. The summed E-state index contributed by atoms with van der Waals surface area (Å²) in [5, 5.41) is 3.74. The van der Waals surface area contributed by atoms with Crippen LogP contribution in [0.2, 0.25) is 5.02 Å². The number of nitrogens with one attached hydrogen (secondary N) is 1. The number of benzene rings is 2. The van der Waals surface area contributed by atoms with Crippen molar-refractivity contribution >= 4 is 40.6 Å². The Morgan fingerprint density at radius 2 is 1.78 bits per heavy atom. The monoisotopic (exact) mass is 402 g/mol. The first-order valence-electron chi connectivity index (χ1n) is 9.41. The third-order valence-corrected chi connectivity index (χ3v) is 6.09. The second-order valence-corrected chi connectivity index (χ2v) is 9.40. The van der Waals surface area contributed by atoms with Gasteiger partial charge in [-0.05, 0) is 48.1 Å². The van der Waals surface area contributed by atoms with Gasteiger partial charge in [0, 0.05) is 18.0 Å². The molecule has 0 bridgehead atoms. The molecule has 3 rings (SSSR count). The van der Waals surface area contributed by atoms with Crippen molar-refractivity contribution in [3.8, 4) is 0 Å². The molecule has 0 radical (unpaired) electrons. The first-order chi connectivity index (χ1) is 12.8. The number of hydrogen-bond acceptors (Lipinski definition) is 3. The van der Waals surface area contributed by atoms with Gasteiger partial charge in [0.15, 0.2) is 0 Å². The van der Waals surface area contributed by atoms with Crippen LogP contribution in [0.4, 0.5) is 11.4 Å². The Hall–Kier alpha value is -1.65. The number of carbonyl (C=O) groups excluding carboxylic acids is 1. The number of hydrogen-bond donors (Lipinski definition) is 1. The van der Waals surface area contributed by atoms with E-state index >= 15 is 0 Å². The van der Waals surface area contributed by atoms with Crippen LogP contribution in [-0.4, -0.2) is 24.7 Å². The summed E-state index contributed by atoms with van der Waals surface area (Å²) in [5.74, 6) is 0.364. The lowest BCUT2D eigenvalue weighted by Crippen LogP contribution is -2.22. The molecule has 5 heteroatoms. The van der Waals surface area contributed by atoms with Crippen molar-refractivity contribution in [2.24, 2.45) is 0 Å². The lowest BCUT2D eigenvalue weighted by atomic mass is 9.87. The maximum absolute atomic E-state index is 12.5. The number of anilines is 2. The van der Waals surface area contributed by atoms with Crippen LogP contribution in [0.1, 0.15) is 39.2 Å². The molecule has 0 aliphatic carbocycles. The normalized spacial score (nSPS) is 14.4. The van der Waals surface area contributed by atoms with Gasteiger partial charge in [-0.2, -0.15) is 0 Å². The highest BCUT2D eigenvalue weighted by Crippen LogP contribution is 2.36. The third kappa shape index (κ3) is 5.20. The number of nitrogens with zero attached hydrogens (tertiary/aromatic N) is 1. The van der Waals surface area contributed by atoms with E-state index in [4.69, 9.17) is 11.6 Å². The lowest BCUT2D eigenvalue weighted by molar-refractivity contribution is -0.113. The molecule has 3 nitrogen and oxygen atoms in total. The molecular formula is C22H27ClN2OS. The first kappa shape index (κ1) is 20.1. The summed E-state index contributed by atoms with van der Waals surface area (Å²) in [6, 6.07) is 14.2. The summed E-state index contributed by atoms with van der Waals surface area (Å²) in [6.45, 7) is 8.57. The first-order valence-corrected chi connectivity index (χ1v) is 10.8. The van der Waals surface area contributed by atoms with Crippen LogP contribution in [0.5, 0.6) is 0 Å². The van der Waals surface area contributed by atoms with Gasteiger partial charge in [-0.15, -0.1) is 11.8 Å². The molecule has 1 amide bonds. The van der Waals surface area contributed by atoms with Gasteiger partial charge >= 0.3 is 0 Å². The Balaban J connectivity index is 1.62. The van der Waals surface area contributed by atoms with Gasteiger partial charge < -0.3 is 10.2 Å². The van der Waals surface area contributed by atoms with Crippen LogP contribution in [0.25, 0.3) is 0 Å². The number of amides is 1. The molecule has 0 unspecified atom stereocenters. The molecule has 144 valence electrons. The summed E-state index contributed by atoms with van der Waals surface area (Å²) >= 11 is 7.97. The van der Waals surface area contributed by atoms with Gasteiger partial charge in [-0.1, -0.05) is 50.6 Å². The Kier molecular flexibility index (Phi) is 6.38. The van der Waals surface area contributed by atoms with E-state index in [0.29, 0.717) is 10.8 Å². The maximum atomic E-state index is 12.5. The van der Waals surface area contributed by atoms with E-state index in [9.17, 15) is 4.79 Å². The van der Waals surface area contributed by atoms with Crippen molar-refractivity contribution in [1.82, 2.24) is 0 Å². The molecule has 2 aromatic carbocycles. The minimum atomic E-state index is -0.0115. The van der Waals surface area contributed by atoms with Gasteiger partial charge in [-0.3, -0.25) is 4.79 Å². The van der Waals surface area contributed by atoms with E-state index < -0.39 is 0 Å². The third-order valence-electron chi connectivity index (χ3n) is 4.77. The molecule has 1 heterocycles. The Morgan fingerprint density at radius 1 is 1.11 bits per heavy atom. The van der Waals surface area contributed by atoms with Gasteiger partial charge in [0.2, 0.25) is 5.91 Å². The zero-order valence-corrected chi connectivity index (χ0v) is 17.8. The van der Waals surface area contributed by atoms with Crippen molar-refractivity contribution in [1.29, 1.82) is 0 Å². The van der Waals surface area contributed by atoms with Crippen molar-refractivity contribution < 1.29 is 4.79 Å². The molecule has 0 atom stereocenters. The minimum absolute atomic E-state index is 0.0115. The number of carbonyl (C=O) groups is 1. The smallest absolute Gasteiger partial charge is 0.234 e. The number of thioether (sulfide) groups is 1. The lowest BCUT2D eigenvalue weighted by Gasteiger charge is -2.23. The van der Waals surface area contributed by atoms with E-state index in [1.165, 1.54) is 18.4 Å². The zero-order chi connectivity index (χ0) is 19.4. The Morgan fingerprint density at radius 3 is 2.41 bits per heavy atom. The highest BCUT2D eigenvalue weighted by molar-refractivity contribution is 8.00. The van der Waals surface area contributed by atoms with Gasteiger partial charge in [0.1, 0.15) is 0 Å². The van der Waals surface area contributed by atoms with Crippen LogP contribution in [0.15, 0.2) is 47.4 Å². The fourth-order valence-corrected chi connectivity index (χ4v) is 4.26. The fraction of sp³-hybridized carbons (Fsp3) is 0.409. The topological polar surface area (TPSA) is 32.3 Å². The van der Waals surface area contributed by atoms with Crippen LogP contribution in [0, 0.1) is 0 Å². The molecule has 27 heavy (non-hydrogen) atoms. The predicted molar refractivity (Wildman–Crippen MR) is 117 cm³/mol. The SMILES string of the molecule is CC(C)(C)c1ccc(SCC(=O)Nc2cccc(Cl)c2N2CCCC2)cc1. The van der Waals surface area contributed by atoms with E-state index in [2.05, 4.69) is 55.3 Å². The molecule has 1 saturated heterocycles. The minimum Gasteiger partial charge on any atom is -0.369 e. The summed E-state index contributed by atoms with van der Waals surface area (Å²) in [7, 11) is 0. The highest BCUT2D eigenvalue weighted by Gasteiger charge is 2.20. The summed E-state index contributed by atoms with van der Waals surface area (Å²) in [4.78, 5) is 15.9. The maximum Gasteiger partial charge on any atom is 0.234 e. The molecule has 0 saturated carbocycles. The van der Waals surface area contributed by atoms with Crippen molar-refractivity contribution in [2.75, 3.05) is 29.1 Å². The molecular weight excluding hydrogens is 376 g/mol. The van der Waals surface area contributed by atoms with E-state index in [0.717, 1.165) is 29.4 Å². The van der Waals surface area contributed by atoms with Crippen molar-refractivity contribution in [2.45, 2.75) is 43.9 Å². The van der Waals surface area contributed by atoms with Gasteiger partial charge in [-0.25, -0.2) is 0 Å². The summed E-state index contributed by atoms with van der Waals surface area (Å²) in [6.07, 6.45) is 2.33. The average Bonchev–Trinajstić information content (AvgIpc) is 3.14. The molecule has 1 aliphatic heterocycles. The molecule has 1 aliphatic rings. The van der Waals surface area contributed by atoms with E-state index in [1.807, 2.05) is 18.2 Å². The van der Waals surface area contributed by atoms with E-state index in [-0.39, 0.29) is 11.3 Å². The number of rotatable bonds is 5. The van der Waals surface area contributed by atoms with Crippen LogP contribution >= 0.6 is 23.4 Å². The zero-order valence-electron chi connectivity index (χ0n) is 16.2. The second kappa shape index (κ2) is 8.57. The quantitative estimate of drug-likeness (QED) is 0.625. The Bertz CT molecular complexity index is 793.